The van der Waals surface area contributed by atoms with Crippen molar-refractivity contribution in [2.45, 2.75) is 57.8 Å². The molecule has 0 aliphatic carbocycles. The topological polar surface area (TPSA) is 94.9 Å². The van der Waals surface area contributed by atoms with Gasteiger partial charge in [-0.1, -0.05) is 0 Å². The van der Waals surface area contributed by atoms with Crippen LogP contribution in [0, 0.1) is 0 Å². The first kappa shape index (κ1) is 18.8. The Morgan fingerprint density at radius 2 is 1.83 bits per heavy atom. The number of amides is 1. The predicted octanol–water partition coefficient (Wildman–Crippen LogP) is 0.787. The van der Waals surface area contributed by atoms with Crippen molar-refractivity contribution in [3.05, 3.63) is 30.1 Å². The second-order valence-electron chi connectivity index (χ2n) is 6.98. The molecule has 134 valence electrons. The van der Waals surface area contributed by atoms with Crippen LogP contribution in [0.25, 0.3) is 0 Å². The molecule has 7 heteroatoms. The monoisotopic (exact) mass is 337 g/mol. The van der Waals surface area contributed by atoms with Crippen LogP contribution >= 0.6 is 0 Å². The van der Waals surface area contributed by atoms with Crippen molar-refractivity contribution in [1.82, 2.24) is 15.2 Å². The summed E-state index contributed by atoms with van der Waals surface area (Å²) in [4.78, 5) is 18.4. The molecule has 2 rings (SSSR count). The number of likely N-dealkylation sites (tertiary alicyclic amines) is 1. The van der Waals surface area contributed by atoms with Gasteiger partial charge in [-0.2, -0.15) is 0 Å². The Bertz CT molecular complexity index is 526. The van der Waals surface area contributed by atoms with E-state index in [9.17, 15) is 15.0 Å². The molecule has 0 aromatic carbocycles. The fourth-order valence-electron chi connectivity index (χ4n) is 2.71. The van der Waals surface area contributed by atoms with Gasteiger partial charge in [-0.3, -0.25) is 15.1 Å². The van der Waals surface area contributed by atoms with Crippen molar-refractivity contribution >= 4 is 5.91 Å². The second kappa shape index (κ2) is 8.02. The van der Waals surface area contributed by atoms with Crippen molar-refractivity contribution in [3.63, 3.8) is 0 Å². The molecule has 0 spiro atoms. The fourth-order valence-corrected chi connectivity index (χ4v) is 2.71. The molecule has 1 fully saturated rings. The lowest BCUT2D eigenvalue weighted by atomic mass is 10.0. The summed E-state index contributed by atoms with van der Waals surface area (Å²) in [6.07, 6.45) is 2.53. The van der Waals surface area contributed by atoms with Crippen LogP contribution in [0.1, 0.15) is 45.3 Å². The van der Waals surface area contributed by atoms with Crippen LogP contribution in [0.4, 0.5) is 0 Å². The van der Waals surface area contributed by atoms with Crippen LogP contribution < -0.4 is 5.32 Å². The third-order valence-electron chi connectivity index (χ3n) is 3.83. The summed E-state index contributed by atoms with van der Waals surface area (Å²) >= 11 is 0. The molecule has 1 aromatic rings. The molecule has 24 heavy (non-hydrogen) atoms. The number of pyridine rings is 1. The summed E-state index contributed by atoms with van der Waals surface area (Å²) in [5.74, 6) is -0.242. The lowest BCUT2D eigenvalue weighted by molar-refractivity contribution is -0.192. The van der Waals surface area contributed by atoms with Gasteiger partial charge in [0, 0.05) is 25.5 Å². The number of hydrogen-bond acceptors (Lipinski definition) is 6. The van der Waals surface area contributed by atoms with Gasteiger partial charge in [0.25, 0.3) is 0 Å². The van der Waals surface area contributed by atoms with E-state index in [0.29, 0.717) is 18.7 Å². The number of carbonyl (C=O) groups is 1. The zero-order valence-corrected chi connectivity index (χ0v) is 14.5. The summed E-state index contributed by atoms with van der Waals surface area (Å²) in [5.41, 5.74) is -0.0343. The van der Waals surface area contributed by atoms with Crippen molar-refractivity contribution < 1.29 is 19.7 Å². The van der Waals surface area contributed by atoms with Crippen LogP contribution in [0.3, 0.4) is 0 Å². The van der Waals surface area contributed by atoms with Crippen molar-refractivity contribution in [2.24, 2.45) is 0 Å². The predicted molar refractivity (Wildman–Crippen MR) is 88.8 cm³/mol. The average molecular weight is 337 g/mol. The number of nitrogens with one attached hydrogen (secondary N) is 1. The minimum Gasteiger partial charge on any atom is -0.386 e. The number of rotatable bonds is 6. The van der Waals surface area contributed by atoms with Gasteiger partial charge >= 0.3 is 0 Å². The largest absolute Gasteiger partial charge is 0.386 e. The van der Waals surface area contributed by atoms with E-state index in [0.717, 1.165) is 12.8 Å². The molecule has 7 nitrogen and oxygen atoms in total. The van der Waals surface area contributed by atoms with Crippen LogP contribution in [0.5, 0.6) is 0 Å². The van der Waals surface area contributed by atoms with E-state index >= 15 is 0 Å². The number of carbonyl (C=O) groups excluding carboxylic acids is 1. The number of hydrogen-bond donors (Lipinski definition) is 3. The molecule has 1 aliphatic heterocycles. The second-order valence-corrected chi connectivity index (χ2v) is 6.98. The van der Waals surface area contributed by atoms with Gasteiger partial charge in [0.05, 0.1) is 5.60 Å². The summed E-state index contributed by atoms with van der Waals surface area (Å²) < 4.78 is 5.42. The normalized spacial score (nSPS) is 19.1. The Morgan fingerprint density at radius 1 is 1.25 bits per heavy atom. The highest BCUT2D eigenvalue weighted by Crippen LogP contribution is 2.21. The van der Waals surface area contributed by atoms with Gasteiger partial charge in [-0.25, -0.2) is 0 Å². The van der Waals surface area contributed by atoms with Gasteiger partial charge in [0.2, 0.25) is 12.3 Å². The van der Waals surface area contributed by atoms with Crippen LogP contribution in [0.2, 0.25) is 0 Å². The molecule has 1 aliphatic rings. The molecule has 0 radical (unpaired) electrons. The van der Waals surface area contributed by atoms with E-state index in [-0.39, 0.29) is 5.91 Å². The molecule has 3 atom stereocenters. The summed E-state index contributed by atoms with van der Waals surface area (Å²) in [6.45, 7) is 6.73. The van der Waals surface area contributed by atoms with Gasteiger partial charge < -0.3 is 19.8 Å². The first-order valence-corrected chi connectivity index (χ1v) is 8.26. The molecule has 3 N–H and O–H groups in total. The van der Waals surface area contributed by atoms with E-state index in [1.165, 1.54) is 0 Å². The number of aliphatic hydroxyl groups excluding tert-OH is 2. The van der Waals surface area contributed by atoms with Crippen molar-refractivity contribution in [3.8, 4) is 0 Å². The molecular formula is C17H27N3O4. The standard InChI is InChI=1S/C17H27N3O4/c1-17(2,3)24-16(23)19-13(15(22)20-10-4-5-11-20)14(21)12-6-8-18-9-7-12/h6-9,13-14,16,19,21,23H,4-5,10-11H2,1-3H3/t13-,14+,16?/m1/s1. The summed E-state index contributed by atoms with van der Waals surface area (Å²) in [7, 11) is 0. The van der Waals surface area contributed by atoms with Crippen molar-refractivity contribution in [1.29, 1.82) is 0 Å². The van der Waals surface area contributed by atoms with E-state index in [1.807, 2.05) is 0 Å². The SMILES string of the molecule is CC(C)(C)OC(O)N[C@@H](C(=O)N1CCCC1)[C@@H](O)c1ccncc1. The Labute approximate surface area is 142 Å². The van der Waals surface area contributed by atoms with Gasteiger partial charge in [-0.05, 0) is 51.3 Å². The first-order chi connectivity index (χ1) is 11.3. The van der Waals surface area contributed by atoms with E-state index in [2.05, 4.69) is 10.3 Å². The fraction of sp³-hybridized carbons (Fsp3) is 0.647. The zero-order valence-electron chi connectivity index (χ0n) is 14.5. The van der Waals surface area contributed by atoms with E-state index < -0.39 is 24.2 Å². The third-order valence-corrected chi connectivity index (χ3v) is 3.83. The molecule has 1 saturated heterocycles. The van der Waals surface area contributed by atoms with E-state index in [1.54, 1.807) is 50.2 Å². The summed E-state index contributed by atoms with van der Waals surface area (Å²) in [6, 6.07) is 2.30. The minimum absolute atomic E-state index is 0.242. The quantitative estimate of drug-likeness (QED) is 0.664. The highest BCUT2D eigenvalue weighted by atomic mass is 16.6. The lowest BCUT2D eigenvalue weighted by Crippen LogP contribution is -2.54. The number of nitrogens with zero attached hydrogens (tertiary/aromatic N) is 2. The molecule has 2 heterocycles. The molecule has 1 aromatic heterocycles. The summed E-state index contributed by atoms with van der Waals surface area (Å²) in [5, 5.41) is 23.5. The average Bonchev–Trinajstić information content (AvgIpc) is 3.05. The van der Waals surface area contributed by atoms with Crippen molar-refractivity contribution in [2.75, 3.05) is 13.1 Å². The molecule has 0 bridgehead atoms. The van der Waals surface area contributed by atoms with Crippen LogP contribution in [-0.4, -0.2) is 57.2 Å². The zero-order chi connectivity index (χ0) is 17.7. The number of ether oxygens (including phenoxy) is 1. The Balaban J connectivity index is 2.15. The van der Waals surface area contributed by atoms with E-state index in [4.69, 9.17) is 4.74 Å². The number of aromatic nitrogens is 1. The highest BCUT2D eigenvalue weighted by molar-refractivity contribution is 5.83. The molecule has 1 unspecified atom stereocenters. The molecule has 1 amide bonds. The highest BCUT2D eigenvalue weighted by Gasteiger charge is 2.35. The van der Waals surface area contributed by atoms with Gasteiger partial charge in [0.15, 0.2) is 0 Å². The maximum absolute atomic E-state index is 12.8. The maximum Gasteiger partial charge on any atom is 0.242 e. The maximum atomic E-state index is 12.8. The Morgan fingerprint density at radius 3 is 2.38 bits per heavy atom. The molecule has 0 saturated carbocycles. The lowest BCUT2D eigenvalue weighted by Gasteiger charge is -2.32. The van der Waals surface area contributed by atoms with Crippen LogP contribution in [-0.2, 0) is 9.53 Å². The van der Waals surface area contributed by atoms with Gasteiger partial charge in [0.1, 0.15) is 12.1 Å². The van der Waals surface area contributed by atoms with Crippen LogP contribution in [0.15, 0.2) is 24.5 Å². The smallest absolute Gasteiger partial charge is 0.242 e. The molecular weight excluding hydrogens is 310 g/mol. The Hall–Kier alpha value is -1.54. The third kappa shape index (κ3) is 5.24. The Kier molecular flexibility index (Phi) is 6.28. The first-order valence-electron chi connectivity index (χ1n) is 8.26. The minimum atomic E-state index is -1.36. The number of aliphatic hydroxyl groups is 2. The van der Waals surface area contributed by atoms with Gasteiger partial charge in [-0.15, -0.1) is 0 Å².